The molecule has 21 heavy (non-hydrogen) atoms. The van der Waals surface area contributed by atoms with Crippen molar-refractivity contribution in [3.63, 3.8) is 0 Å². The number of carbonyl (C=O) groups is 1. The number of rotatable bonds is 1. The Morgan fingerprint density at radius 1 is 0.762 bits per heavy atom. The van der Waals surface area contributed by atoms with Crippen LogP contribution in [-0.2, 0) is 0 Å². The van der Waals surface area contributed by atoms with Gasteiger partial charge in [0.1, 0.15) is 5.82 Å². The second-order valence-corrected chi connectivity index (χ2v) is 5.13. The van der Waals surface area contributed by atoms with Crippen LogP contribution >= 0.6 is 0 Å². The summed E-state index contributed by atoms with van der Waals surface area (Å²) >= 11 is 0. The highest BCUT2D eigenvalue weighted by molar-refractivity contribution is 6.21. The molecule has 100 valence electrons. The maximum Gasteiger partial charge on any atom is 0.186 e. The normalized spacial score (nSPS) is 12.9. The minimum atomic E-state index is -0.250. The zero-order valence-corrected chi connectivity index (χ0v) is 11.1. The van der Waals surface area contributed by atoms with Gasteiger partial charge in [-0.05, 0) is 46.4 Å². The van der Waals surface area contributed by atoms with Crippen molar-refractivity contribution in [2.24, 2.45) is 0 Å². The Balaban J connectivity index is 2.07. The van der Waals surface area contributed by atoms with Crippen LogP contribution in [0.25, 0.3) is 28.0 Å². The first-order valence-electron chi connectivity index (χ1n) is 6.78. The zero-order valence-electron chi connectivity index (χ0n) is 11.1. The lowest BCUT2D eigenvalue weighted by atomic mass is 9.87. The van der Waals surface area contributed by atoms with Crippen molar-refractivity contribution in [1.82, 2.24) is 0 Å². The SMILES string of the molecule is O=C1C=Cc2c(-c3ccc(F)cc3)ccc3cccc1c23. The van der Waals surface area contributed by atoms with Gasteiger partial charge in [-0.1, -0.05) is 42.5 Å². The van der Waals surface area contributed by atoms with Gasteiger partial charge < -0.3 is 0 Å². The number of halogens is 1. The fraction of sp³-hybridized carbons (Fsp3) is 0. The zero-order chi connectivity index (χ0) is 14.4. The van der Waals surface area contributed by atoms with Gasteiger partial charge in [-0.2, -0.15) is 0 Å². The van der Waals surface area contributed by atoms with Crippen LogP contribution in [0.1, 0.15) is 15.9 Å². The Labute approximate surface area is 121 Å². The third kappa shape index (κ3) is 1.80. The van der Waals surface area contributed by atoms with Crippen LogP contribution < -0.4 is 0 Å². The first-order chi connectivity index (χ1) is 10.2. The van der Waals surface area contributed by atoms with Crippen molar-refractivity contribution in [2.45, 2.75) is 0 Å². The molecule has 0 aromatic heterocycles. The molecule has 0 aliphatic heterocycles. The molecule has 2 heteroatoms. The topological polar surface area (TPSA) is 17.1 Å². The first-order valence-corrected chi connectivity index (χ1v) is 6.78. The third-order valence-corrected chi connectivity index (χ3v) is 3.91. The molecule has 1 aliphatic carbocycles. The van der Waals surface area contributed by atoms with Gasteiger partial charge in [0.25, 0.3) is 0 Å². The van der Waals surface area contributed by atoms with Crippen LogP contribution in [0.4, 0.5) is 4.39 Å². The molecule has 3 aromatic rings. The van der Waals surface area contributed by atoms with E-state index in [0.29, 0.717) is 0 Å². The van der Waals surface area contributed by atoms with Crippen molar-refractivity contribution < 1.29 is 9.18 Å². The molecule has 0 spiro atoms. The standard InChI is InChI=1S/C19H11FO/c20-14-7-4-12(5-8-14)15-9-6-13-2-1-3-17-18(21)11-10-16(15)19(13)17/h1-11H. The Hall–Kier alpha value is -2.74. The number of ketones is 1. The average molecular weight is 274 g/mol. The molecule has 3 aromatic carbocycles. The maximum atomic E-state index is 13.1. The molecular formula is C19H11FO. The van der Waals surface area contributed by atoms with E-state index in [9.17, 15) is 9.18 Å². The monoisotopic (exact) mass is 274 g/mol. The number of allylic oxidation sites excluding steroid dienone is 1. The van der Waals surface area contributed by atoms with Crippen LogP contribution in [0.15, 0.2) is 60.7 Å². The summed E-state index contributed by atoms with van der Waals surface area (Å²) in [4.78, 5) is 12.0. The van der Waals surface area contributed by atoms with E-state index >= 15 is 0 Å². The van der Waals surface area contributed by atoms with E-state index in [4.69, 9.17) is 0 Å². The predicted molar refractivity (Wildman–Crippen MR) is 82.7 cm³/mol. The number of hydrogen-bond donors (Lipinski definition) is 0. The Bertz CT molecular complexity index is 905. The quantitative estimate of drug-likeness (QED) is 0.619. The lowest BCUT2D eigenvalue weighted by Crippen LogP contribution is -2.02. The molecular weight excluding hydrogens is 263 g/mol. The summed E-state index contributed by atoms with van der Waals surface area (Å²) in [6.07, 6.45) is 3.46. The minimum absolute atomic E-state index is 0.0318. The molecule has 0 atom stereocenters. The van der Waals surface area contributed by atoms with Crippen molar-refractivity contribution in [2.75, 3.05) is 0 Å². The molecule has 0 heterocycles. The fourth-order valence-electron chi connectivity index (χ4n) is 2.92. The van der Waals surface area contributed by atoms with E-state index in [1.165, 1.54) is 12.1 Å². The second kappa shape index (κ2) is 4.38. The maximum absolute atomic E-state index is 13.1. The Kier molecular flexibility index (Phi) is 2.51. The van der Waals surface area contributed by atoms with Crippen molar-refractivity contribution in [3.05, 3.63) is 77.6 Å². The van der Waals surface area contributed by atoms with E-state index in [0.717, 1.165) is 33.0 Å². The van der Waals surface area contributed by atoms with Crippen molar-refractivity contribution >= 4 is 22.6 Å². The summed E-state index contributed by atoms with van der Waals surface area (Å²) in [6, 6.07) is 16.2. The van der Waals surface area contributed by atoms with E-state index in [1.54, 1.807) is 18.2 Å². The highest BCUT2D eigenvalue weighted by Gasteiger charge is 2.17. The van der Waals surface area contributed by atoms with Gasteiger partial charge in [-0.3, -0.25) is 4.79 Å². The first kappa shape index (κ1) is 12.0. The summed E-state index contributed by atoms with van der Waals surface area (Å²) < 4.78 is 13.1. The van der Waals surface area contributed by atoms with Crippen LogP contribution in [0.2, 0.25) is 0 Å². The van der Waals surface area contributed by atoms with Gasteiger partial charge in [0, 0.05) is 10.9 Å². The highest BCUT2D eigenvalue weighted by atomic mass is 19.1. The van der Waals surface area contributed by atoms with Gasteiger partial charge in [0.15, 0.2) is 5.78 Å². The van der Waals surface area contributed by atoms with Crippen LogP contribution in [0.3, 0.4) is 0 Å². The van der Waals surface area contributed by atoms with E-state index in [1.807, 2.05) is 36.4 Å². The largest absolute Gasteiger partial charge is 0.289 e. The van der Waals surface area contributed by atoms with Gasteiger partial charge in [0.2, 0.25) is 0 Å². The molecule has 0 amide bonds. The predicted octanol–water partition coefficient (Wildman–Crippen LogP) is 4.86. The molecule has 0 unspecified atom stereocenters. The fourth-order valence-corrected chi connectivity index (χ4v) is 2.92. The van der Waals surface area contributed by atoms with Crippen LogP contribution in [-0.4, -0.2) is 5.78 Å². The average Bonchev–Trinajstić information content (AvgIpc) is 2.52. The van der Waals surface area contributed by atoms with Crippen LogP contribution in [0.5, 0.6) is 0 Å². The molecule has 0 N–H and O–H groups in total. The molecule has 0 saturated carbocycles. The van der Waals surface area contributed by atoms with E-state index in [2.05, 4.69) is 0 Å². The summed E-state index contributed by atoms with van der Waals surface area (Å²) in [5.74, 6) is -0.219. The highest BCUT2D eigenvalue weighted by Crippen LogP contribution is 2.35. The number of benzene rings is 3. The molecule has 0 bridgehead atoms. The van der Waals surface area contributed by atoms with Gasteiger partial charge in [-0.15, -0.1) is 0 Å². The van der Waals surface area contributed by atoms with Gasteiger partial charge in [0.05, 0.1) is 0 Å². The second-order valence-electron chi connectivity index (χ2n) is 5.13. The molecule has 1 aliphatic rings. The summed E-state index contributed by atoms with van der Waals surface area (Å²) in [6.45, 7) is 0. The molecule has 0 fully saturated rings. The molecule has 4 rings (SSSR count). The number of hydrogen-bond acceptors (Lipinski definition) is 1. The number of carbonyl (C=O) groups excluding carboxylic acids is 1. The lowest BCUT2D eigenvalue weighted by molar-refractivity contribution is 0.104. The van der Waals surface area contributed by atoms with E-state index < -0.39 is 0 Å². The van der Waals surface area contributed by atoms with Crippen molar-refractivity contribution in [1.29, 1.82) is 0 Å². The summed E-state index contributed by atoms with van der Waals surface area (Å²) in [5, 5.41) is 2.03. The summed E-state index contributed by atoms with van der Waals surface area (Å²) in [5.41, 5.74) is 3.71. The Morgan fingerprint density at radius 2 is 1.57 bits per heavy atom. The van der Waals surface area contributed by atoms with Crippen LogP contribution in [0, 0.1) is 5.82 Å². The lowest BCUT2D eigenvalue weighted by Gasteiger charge is -2.16. The third-order valence-electron chi connectivity index (χ3n) is 3.91. The van der Waals surface area contributed by atoms with Gasteiger partial charge in [-0.25, -0.2) is 4.39 Å². The van der Waals surface area contributed by atoms with Gasteiger partial charge >= 0.3 is 0 Å². The minimum Gasteiger partial charge on any atom is -0.289 e. The summed E-state index contributed by atoms with van der Waals surface area (Å²) in [7, 11) is 0. The van der Waals surface area contributed by atoms with E-state index in [-0.39, 0.29) is 11.6 Å². The molecule has 0 saturated heterocycles. The smallest absolute Gasteiger partial charge is 0.186 e. The molecule has 1 nitrogen and oxygen atoms in total. The van der Waals surface area contributed by atoms with Crippen molar-refractivity contribution in [3.8, 4) is 11.1 Å². The molecule has 0 radical (unpaired) electrons. The Morgan fingerprint density at radius 3 is 2.38 bits per heavy atom.